The van der Waals surface area contributed by atoms with E-state index in [0.717, 1.165) is 23.4 Å². The summed E-state index contributed by atoms with van der Waals surface area (Å²) in [5.41, 5.74) is 1.82. The van der Waals surface area contributed by atoms with Crippen LogP contribution in [0.15, 0.2) is 24.3 Å². The van der Waals surface area contributed by atoms with E-state index in [0.29, 0.717) is 18.2 Å². The molecule has 0 radical (unpaired) electrons. The first kappa shape index (κ1) is 16.2. The molecule has 0 aliphatic carbocycles. The minimum atomic E-state index is -0.230. The second kappa shape index (κ2) is 6.30. The van der Waals surface area contributed by atoms with Crippen molar-refractivity contribution in [3.8, 4) is 11.4 Å². The van der Waals surface area contributed by atoms with Crippen molar-refractivity contribution >= 4 is 6.29 Å². The smallest absolute Gasteiger partial charge is 0.172 e. The summed E-state index contributed by atoms with van der Waals surface area (Å²) >= 11 is 0. The van der Waals surface area contributed by atoms with E-state index in [1.54, 1.807) is 4.68 Å². The van der Waals surface area contributed by atoms with E-state index in [9.17, 15) is 4.79 Å². The molecule has 2 rings (SSSR count). The molecule has 0 fully saturated rings. The Labute approximate surface area is 131 Å². The molecule has 0 aliphatic heterocycles. The van der Waals surface area contributed by atoms with E-state index in [1.807, 2.05) is 45.0 Å². The lowest BCUT2D eigenvalue weighted by Crippen LogP contribution is -2.19. The molecule has 5 nitrogen and oxygen atoms in total. The van der Waals surface area contributed by atoms with Crippen LogP contribution in [0.25, 0.3) is 5.69 Å². The lowest BCUT2D eigenvalue weighted by molar-refractivity contribution is 0.111. The molecule has 2 aromatic rings. The van der Waals surface area contributed by atoms with Gasteiger partial charge >= 0.3 is 0 Å². The van der Waals surface area contributed by atoms with Crippen molar-refractivity contribution in [2.75, 3.05) is 6.61 Å². The first-order valence-corrected chi connectivity index (χ1v) is 7.47. The van der Waals surface area contributed by atoms with Crippen LogP contribution in [0.1, 0.15) is 50.8 Å². The van der Waals surface area contributed by atoms with Gasteiger partial charge in [0.05, 0.1) is 18.0 Å². The third-order valence-corrected chi connectivity index (χ3v) is 3.18. The standard InChI is InChI=1S/C17H23N3O2/c1-12(2)11-22-14-8-6-13(7-9-14)20-16(17(3,4)5)15(10-21)18-19-20/h6-10,12H,11H2,1-5H3. The Bertz CT molecular complexity index is 637. The van der Waals surface area contributed by atoms with Crippen LogP contribution in [0.3, 0.4) is 0 Å². The number of carbonyl (C=O) groups excluding carboxylic acids is 1. The summed E-state index contributed by atoms with van der Waals surface area (Å²) in [6.45, 7) is 11.0. The van der Waals surface area contributed by atoms with Gasteiger partial charge in [-0.2, -0.15) is 0 Å². The van der Waals surface area contributed by atoms with Gasteiger partial charge in [-0.25, -0.2) is 4.68 Å². The summed E-state index contributed by atoms with van der Waals surface area (Å²) in [6, 6.07) is 7.67. The van der Waals surface area contributed by atoms with Gasteiger partial charge in [0.25, 0.3) is 0 Å². The van der Waals surface area contributed by atoms with Gasteiger partial charge in [0.1, 0.15) is 11.4 Å². The molecule has 1 heterocycles. The monoisotopic (exact) mass is 301 g/mol. The summed E-state index contributed by atoms with van der Waals surface area (Å²) in [4.78, 5) is 11.2. The van der Waals surface area contributed by atoms with Gasteiger partial charge in [0, 0.05) is 5.41 Å². The number of aromatic nitrogens is 3. The first-order valence-electron chi connectivity index (χ1n) is 7.47. The zero-order valence-corrected chi connectivity index (χ0v) is 13.8. The topological polar surface area (TPSA) is 57.0 Å². The van der Waals surface area contributed by atoms with Gasteiger partial charge in [-0.1, -0.05) is 39.8 Å². The van der Waals surface area contributed by atoms with Gasteiger partial charge in [-0.3, -0.25) is 4.79 Å². The highest BCUT2D eigenvalue weighted by Gasteiger charge is 2.25. The average Bonchev–Trinajstić information content (AvgIpc) is 2.89. The third-order valence-electron chi connectivity index (χ3n) is 3.18. The molecule has 1 aromatic heterocycles. The van der Waals surface area contributed by atoms with Crippen molar-refractivity contribution in [2.24, 2.45) is 5.92 Å². The minimum Gasteiger partial charge on any atom is -0.493 e. The van der Waals surface area contributed by atoms with Crippen LogP contribution < -0.4 is 4.74 Å². The van der Waals surface area contributed by atoms with Crippen molar-refractivity contribution < 1.29 is 9.53 Å². The largest absolute Gasteiger partial charge is 0.493 e. The van der Waals surface area contributed by atoms with Crippen molar-refractivity contribution in [3.63, 3.8) is 0 Å². The Morgan fingerprint density at radius 2 is 1.86 bits per heavy atom. The molecule has 22 heavy (non-hydrogen) atoms. The van der Waals surface area contributed by atoms with Crippen molar-refractivity contribution in [2.45, 2.75) is 40.0 Å². The van der Waals surface area contributed by atoms with Gasteiger partial charge in [0.2, 0.25) is 0 Å². The number of hydrogen-bond acceptors (Lipinski definition) is 4. The van der Waals surface area contributed by atoms with Gasteiger partial charge in [-0.15, -0.1) is 5.10 Å². The van der Waals surface area contributed by atoms with Gasteiger partial charge in [0.15, 0.2) is 6.29 Å². The predicted octanol–water partition coefficient (Wildman–Crippen LogP) is 3.41. The molecule has 0 aliphatic rings. The summed E-state index contributed by atoms with van der Waals surface area (Å²) in [5.74, 6) is 1.31. The summed E-state index contributed by atoms with van der Waals surface area (Å²) in [7, 11) is 0. The maximum absolute atomic E-state index is 11.2. The van der Waals surface area contributed by atoms with Crippen LogP contribution in [0.4, 0.5) is 0 Å². The predicted molar refractivity (Wildman–Crippen MR) is 85.8 cm³/mol. The molecular weight excluding hydrogens is 278 g/mol. The zero-order chi connectivity index (χ0) is 16.3. The number of rotatable bonds is 5. The van der Waals surface area contributed by atoms with Crippen LogP contribution in [0.2, 0.25) is 0 Å². The number of aldehydes is 1. The Morgan fingerprint density at radius 1 is 1.23 bits per heavy atom. The molecule has 0 amide bonds. The lowest BCUT2D eigenvalue weighted by Gasteiger charge is -2.20. The molecule has 0 atom stereocenters. The van der Waals surface area contributed by atoms with E-state index in [4.69, 9.17) is 4.74 Å². The maximum Gasteiger partial charge on any atom is 0.172 e. The highest BCUT2D eigenvalue weighted by molar-refractivity contribution is 5.74. The number of hydrogen-bond donors (Lipinski definition) is 0. The number of nitrogens with zero attached hydrogens (tertiary/aromatic N) is 3. The second-order valence-electron chi connectivity index (χ2n) is 6.80. The zero-order valence-electron chi connectivity index (χ0n) is 13.8. The van der Waals surface area contributed by atoms with Crippen LogP contribution >= 0.6 is 0 Å². The molecule has 0 saturated heterocycles. The van der Waals surface area contributed by atoms with Crippen molar-refractivity contribution in [1.29, 1.82) is 0 Å². The van der Waals surface area contributed by atoms with Gasteiger partial charge in [-0.05, 0) is 30.2 Å². The van der Waals surface area contributed by atoms with E-state index >= 15 is 0 Å². The first-order chi connectivity index (χ1) is 10.3. The quantitative estimate of drug-likeness (QED) is 0.794. The number of ether oxygens (including phenoxy) is 1. The second-order valence-corrected chi connectivity index (χ2v) is 6.80. The molecule has 1 aromatic carbocycles. The average molecular weight is 301 g/mol. The summed E-state index contributed by atoms with van der Waals surface area (Å²) < 4.78 is 7.40. The fourth-order valence-corrected chi connectivity index (χ4v) is 2.20. The Balaban J connectivity index is 2.33. The maximum atomic E-state index is 11.2. The Kier molecular flexibility index (Phi) is 4.64. The molecule has 0 N–H and O–H groups in total. The van der Waals surface area contributed by atoms with E-state index in [2.05, 4.69) is 24.2 Å². The lowest BCUT2D eigenvalue weighted by atomic mass is 9.90. The molecule has 0 spiro atoms. The highest BCUT2D eigenvalue weighted by atomic mass is 16.5. The van der Waals surface area contributed by atoms with Crippen molar-refractivity contribution in [1.82, 2.24) is 15.0 Å². The molecule has 118 valence electrons. The molecule has 0 unspecified atom stereocenters. The normalized spacial score (nSPS) is 11.7. The summed E-state index contributed by atoms with van der Waals surface area (Å²) in [6.07, 6.45) is 0.754. The van der Waals surface area contributed by atoms with Crippen LogP contribution in [-0.2, 0) is 5.41 Å². The van der Waals surface area contributed by atoms with E-state index < -0.39 is 0 Å². The fourth-order valence-electron chi connectivity index (χ4n) is 2.20. The SMILES string of the molecule is CC(C)COc1ccc(-n2nnc(C=O)c2C(C)(C)C)cc1. The molecule has 0 bridgehead atoms. The molecule has 5 heteroatoms. The van der Waals surface area contributed by atoms with Crippen molar-refractivity contribution in [3.05, 3.63) is 35.7 Å². The number of benzene rings is 1. The van der Waals surface area contributed by atoms with Crippen LogP contribution in [0.5, 0.6) is 5.75 Å². The van der Waals surface area contributed by atoms with E-state index in [1.165, 1.54) is 0 Å². The van der Waals surface area contributed by atoms with E-state index in [-0.39, 0.29) is 5.41 Å². The third kappa shape index (κ3) is 3.53. The van der Waals surface area contributed by atoms with Crippen LogP contribution in [-0.4, -0.2) is 27.9 Å². The highest BCUT2D eigenvalue weighted by Crippen LogP contribution is 2.27. The summed E-state index contributed by atoms with van der Waals surface area (Å²) in [5, 5.41) is 8.10. The molecule has 0 saturated carbocycles. The minimum absolute atomic E-state index is 0.230. The Hall–Kier alpha value is -2.17. The van der Waals surface area contributed by atoms with Gasteiger partial charge < -0.3 is 4.74 Å². The fraction of sp³-hybridized carbons (Fsp3) is 0.471. The van der Waals surface area contributed by atoms with Crippen LogP contribution in [0, 0.1) is 5.92 Å². The Morgan fingerprint density at radius 3 is 2.36 bits per heavy atom. The molecular formula is C17H23N3O2. The number of carbonyl (C=O) groups is 1.